The lowest BCUT2D eigenvalue weighted by molar-refractivity contribution is -0.388. The van der Waals surface area contributed by atoms with Crippen LogP contribution in [-0.4, -0.2) is 92.2 Å². The first-order chi connectivity index (χ1) is 37.7. The number of halogens is 4. The SMILES string of the molecule is CC(C)C1(OS(=O)(=O)Cc2ccccc2)C(OS(=O)(=O)c2ccc(C#N)cc2)=C(OS(=O)(=O)C(F)(F)F)C(OS(=O)(=O)c2cccc(OS(C)(=O)=O)c2[N+](=O)[O-])=C(OS(=O)(=O)c2ccc([N+](=O)[O-])cc2)C1OS(=O)(=O)c1ccc(Br)cc1. The third-order valence-electron chi connectivity index (χ3n) is 10.6. The molecule has 0 saturated heterocycles. The van der Waals surface area contributed by atoms with Gasteiger partial charge in [0, 0.05) is 16.6 Å². The molecule has 0 radical (unpaired) electrons. The van der Waals surface area contributed by atoms with E-state index >= 15 is 0 Å². The fourth-order valence-electron chi connectivity index (χ4n) is 7.00. The van der Waals surface area contributed by atoms with E-state index in [0.717, 1.165) is 36.4 Å². The zero-order valence-electron chi connectivity index (χ0n) is 40.8. The van der Waals surface area contributed by atoms with Crippen LogP contribution < -0.4 is 4.18 Å². The summed E-state index contributed by atoms with van der Waals surface area (Å²) in [6.45, 7) is 1.38. The van der Waals surface area contributed by atoms with Crippen LogP contribution in [0.1, 0.15) is 25.0 Å². The molecule has 82 heavy (non-hydrogen) atoms. The topological polar surface area (TPSA) is 414 Å². The van der Waals surface area contributed by atoms with Crippen LogP contribution in [-0.2, 0) is 102 Å². The summed E-state index contributed by atoms with van der Waals surface area (Å²) < 4.78 is 279. The van der Waals surface area contributed by atoms with Crippen molar-refractivity contribution in [2.24, 2.45) is 5.92 Å². The highest BCUT2D eigenvalue weighted by molar-refractivity contribution is 9.10. The van der Waals surface area contributed by atoms with Gasteiger partial charge in [-0.05, 0) is 84.3 Å². The van der Waals surface area contributed by atoms with Crippen molar-refractivity contribution in [1.82, 2.24) is 0 Å². The first-order valence-electron chi connectivity index (χ1n) is 21.6. The lowest BCUT2D eigenvalue weighted by Crippen LogP contribution is -2.58. The standard InChI is InChI=1S/C43H33BrF3N3O25S7/c1-26(2)42(75-77(57,58)25-28-8-5-4-6-9-28)40(73-80(63,64)32-20-14-29(44)15-21-32)38(71-78(59,60)33-22-16-30(17-23-33)49(51)52)37(70-81(65,66)35-11-7-10-34(36(35)50(53)54)69-76(3,55)56)39(72-82(67,68)43(45,46)47)41(42)74-79(61,62)31-18-12-27(24-48)13-19-31/h4-23,26,40H,25H2,1-3H3. The number of para-hydroxylation sites is 1. The van der Waals surface area contributed by atoms with Crippen molar-refractivity contribution in [3.63, 3.8) is 0 Å². The molecule has 0 aliphatic heterocycles. The van der Waals surface area contributed by atoms with E-state index < -0.39 is 169 Å². The molecule has 0 aromatic heterocycles. The number of nitro groups is 2. The zero-order valence-corrected chi connectivity index (χ0v) is 48.1. The predicted octanol–water partition coefficient (Wildman–Crippen LogP) is 6.01. The summed E-state index contributed by atoms with van der Waals surface area (Å²) >= 11 is 3.03. The number of nitrogens with zero attached hydrogens (tertiary/aromatic N) is 3. The van der Waals surface area contributed by atoms with Gasteiger partial charge in [-0.2, -0.15) is 77.4 Å². The summed E-state index contributed by atoms with van der Waals surface area (Å²) in [6.07, 6.45) is -3.49. The van der Waals surface area contributed by atoms with Crippen molar-refractivity contribution in [2.45, 2.75) is 56.4 Å². The lowest BCUT2D eigenvalue weighted by Gasteiger charge is -2.45. The van der Waals surface area contributed by atoms with Crippen LogP contribution in [0, 0.1) is 37.5 Å². The molecule has 2 unspecified atom stereocenters. The number of hydrogen-bond acceptors (Lipinski definition) is 26. The predicted molar refractivity (Wildman–Crippen MR) is 272 cm³/mol. The number of nitro benzene ring substituents is 2. The fraction of sp³-hybridized carbons (Fsp3) is 0.186. The van der Waals surface area contributed by atoms with E-state index in [4.69, 9.17) is 20.9 Å². The minimum absolute atomic E-state index is 0.120. The molecule has 1 aliphatic carbocycles. The van der Waals surface area contributed by atoms with Crippen molar-refractivity contribution < 1.29 is 111 Å². The lowest BCUT2D eigenvalue weighted by atomic mass is 9.78. The van der Waals surface area contributed by atoms with E-state index in [1.165, 1.54) is 18.2 Å². The average Bonchev–Trinajstić information content (AvgIpc) is 1.66. The molecule has 0 saturated carbocycles. The Morgan fingerprint density at radius 1 is 0.634 bits per heavy atom. The molecule has 0 amide bonds. The van der Waals surface area contributed by atoms with Crippen LogP contribution >= 0.6 is 15.9 Å². The Labute approximate surface area is 472 Å². The van der Waals surface area contributed by atoms with Crippen molar-refractivity contribution in [2.75, 3.05) is 6.26 Å². The number of rotatable bonds is 23. The summed E-state index contributed by atoms with van der Waals surface area (Å²) in [5, 5.41) is 33.6. The quantitative estimate of drug-likeness (QED) is 0.0312. The Bertz CT molecular complexity index is 4320. The molecular weight excluding hydrogens is 1320 g/mol. The highest BCUT2D eigenvalue weighted by Gasteiger charge is 2.65. The molecule has 1 aliphatic rings. The van der Waals surface area contributed by atoms with Gasteiger partial charge in [0.2, 0.25) is 28.8 Å². The van der Waals surface area contributed by atoms with Gasteiger partial charge in [-0.1, -0.05) is 66.2 Å². The van der Waals surface area contributed by atoms with Gasteiger partial charge in [0.1, 0.15) is 15.5 Å². The number of non-ortho nitro benzene ring substituents is 1. The molecule has 28 nitrogen and oxygen atoms in total. The second-order valence-corrected chi connectivity index (χ2v) is 28.4. The molecular formula is C43H33BrF3N3O25S7. The van der Waals surface area contributed by atoms with Crippen molar-refractivity contribution in [1.29, 1.82) is 5.26 Å². The van der Waals surface area contributed by atoms with Crippen LogP contribution in [0.15, 0.2) is 168 Å². The summed E-state index contributed by atoms with van der Waals surface area (Å²) in [6, 6.07) is 16.4. The zero-order chi connectivity index (χ0) is 61.4. The van der Waals surface area contributed by atoms with E-state index in [0.29, 0.717) is 80.8 Å². The first-order valence-corrected chi connectivity index (χ1v) is 32.8. The number of nitriles is 1. The Hall–Kier alpha value is -7.29. The molecule has 0 heterocycles. The summed E-state index contributed by atoms with van der Waals surface area (Å²) in [5.74, 6) is -15.8. The van der Waals surface area contributed by atoms with E-state index in [1.54, 1.807) is 6.07 Å². The van der Waals surface area contributed by atoms with Crippen LogP contribution in [0.5, 0.6) is 5.75 Å². The van der Waals surface area contributed by atoms with Gasteiger partial charge in [0.25, 0.3) is 25.9 Å². The normalized spacial score (nSPS) is 16.7. The molecule has 0 spiro atoms. The molecule has 5 aromatic rings. The highest BCUT2D eigenvalue weighted by atomic mass is 79.9. The molecule has 39 heteroatoms. The van der Waals surface area contributed by atoms with Crippen molar-refractivity contribution in [3.8, 4) is 11.8 Å². The average molecular weight is 1350 g/mol. The monoisotopic (exact) mass is 1350 g/mol. The highest BCUT2D eigenvalue weighted by Crippen LogP contribution is 2.53. The van der Waals surface area contributed by atoms with E-state index in [1.807, 2.05) is 0 Å². The van der Waals surface area contributed by atoms with Gasteiger partial charge < -0.3 is 20.9 Å². The van der Waals surface area contributed by atoms with E-state index in [-0.39, 0.29) is 21.7 Å². The third kappa shape index (κ3) is 14.1. The smallest absolute Gasteiger partial charge is 0.376 e. The third-order valence-corrected chi connectivity index (χ3v) is 18.8. The van der Waals surface area contributed by atoms with Crippen molar-refractivity contribution >= 4 is 98.1 Å². The fourth-order valence-corrected chi connectivity index (χ4v) is 13.8. The van der Waals surface area contributed by atoms with Crippen LogP contribution in [0.25, 0.3) is 0 Å². The largest absolute Gasteiger partial charge is 0.534 e. The van der Waals surface area contributed by atoms with E-state index in [9.17, 15) is 97.6 Å². The summed E-state index contributed by atoms with van der Waals surface area (Å²) in [7, 11) is -43.4. The summed E-state index contributed by atoms with van der Waals surface area (Å²) in [5.41, 5.74) is -14.5. The van der Waals surface area contributed by atoms with Crippen molar-refractivity contribution in [3.05, 3.63) is 180 Å². The molecule has 0 fully saturated rings. The molecule has 6 rings (SSSR count). The maximum absolute atomic E-state index is 14.9. The minimum Gasteiger partial charge on any atom is -0.376 e. The Morgan fingerprint density at radius 2 is 1.16 bits per heavy atom. The molecule has 440 valence electrons. The van der Waals surface area contributed by atoms with Gasteiger partial charge in [-0.15, -0.1) is 0 Å². The maximum Gasteiger partial charge on any atom is 0.534 e. The first kappa shape index (κ1) is 63.9. The Kier molecular flexibility index (Phi) is 18.0. The number of benzene rings is 5. The van der Waals surface area contributed by atoms with Gasteiger partial charge in [-0.3, -0.25) is 28.6 Å². The Morgan fingerprint density at radius 3 is 1.66 bits per heavy atom. The van der Waals surface area contributed by atoms with E-state index in [2.05, 4.69) is 24.3 Å². The second kappa shape index (κ2) is 23.2. The molecule has 0 bridgehead atoms. The minimum atomic E-state index is -7.67. The van der Waals surface area contributed by atoms with Gasteiger partial charge in [-0.25, -0.2) is 0 Å². The van der Waals surface area contributed by atoms with Gasteiger partial charge in [0.05, 0.1) is 32.6 Å². The molecule has 0 N–H and O–H groups in total. The summed E-state index contributed by atoms with van der Waals surface area (Å²) in [4.78, 5) is 15.9. The van der Waals surface area contributed by atoms with Crippen LogP contribution in [0.4, 0.5) is 24.5 Å². The van der Waals surface area contributed by atoms with Crippen LogP contribution in [0.3, 0.4) is 0 Å². The Balaban J connectivity index is 1.94. The van der Waals surface area contributed by atoms with Gasteiger partial charge in [0.15, 0.2) is 16.6 Å². The van der Waals surface area contributed by atoms with Crippen LogP contribution in [0.2, 0.25) is 0 Å². The number of alkyl halides is 3. The maximum atomic E-state index is 14.9. The van der Waals surface area contributed by atoms with Gasteiger partial charge >= 0.3 is 61.8 Å². The molecule has 2 atom stereocenters. The molecule has 5 aromatic carbocycles. The second-order valence-electron chi connectivity index (χ2n) is 16.6. The number of hydrogen-bond donors (Lipinski definition) is 0.